The molecule has 0 bridgehead atoms. The molecule has 8 rings (SSSR count). The van der Waals surface area contributed by atoms with E-state index in [1.54, 1.807) is 0 Å². The van der Waals surface area contributed by atoms with Crippen molar-refractivity contribution in [3.63, 3.8) is 0 Å². The minimum absolute atomic E-state index is 1.18. The van der Waals surface area contributed by atoms with Crippen molar-refractivity contribution in [2.24, 2.45) is 0 Å². The molecule has 0 unspecified atom stereocenters. The number of aromatic nitrogens is 2. The molecular formula is C38H28N2. The van der Waals surface area contributed by atoms with Crippen molar-refractivity contribution < 1.29 is 0 Å². The average Bonchev–Trinajstić information content (AvgIpc) is 3.51. The van der Waals surface area contributed by atoms with E-state index >= 15 is 0 Å². The highest BCUT2D eigenvalue weighted by atomic mass is 15.0. The van der Waals surface area contributed by atoms with Gasteiger partial charge in [-0.1, -0.05) is 84.9 Å². The first-order valence-electron chi connectivity index (χ1n) is 13.9. The van der Waals surface area contributed by atoms with Crippen LogP contribution < -0.4 is 0 Å². The van der Waals surface area contributed by atoms with E-state index in [1.807, 2.05) is 0 Å². The van der Waals surface area contributed by atoms with Gasteiger partial charge in [0.1, 0.15) is 0 Å². The number of fused-ring (bicyclic) bond motifs is 6. The smallest absolute Gasteiger partial charge is 0.0542 e. The maximum atomic E-state index is 2.42. The monoisotopic (exact) mass is 512 g/mol. The summed E-state index contributed by atoms with van der Waals surface area (Å²) < 4.78 is 4.82. The molecule has 0 fully saturated rings. The standard InChI is InChI=1S/C38H28N2/c1-25-11-3-4-12-29(25)33-23-27(20-19-26(33)2)40-37-18-10-7-15-32(37)34-24-28(21-22-38(34)40)39-35-16-8-5-13-30(35)31-14-6-9-17-36(31)39/h3-24H,1-2H3. The van der Waals surface area contributed by atoms with E-state index in [4.69, 9.17) is 0 Å². The molecule has 2 heteroatoms. The lowest BCUT2D eigenvalue weighted by Crippen LogP contribution is -1.97. The SMILES string of the molecule is Cc1ccccc1-c1cc(-n2c3ccccc3c3cc(-n4c5ccccc5c5ccccc54)ccc32)ccc1C. The van der Waals surface area contributed by atoms with E-state index in [0.717, 1.165) is 0 Å². The number of aryl methyl sites for hydroxylation is 2. The highest BCUT2D eigenvalue weighted by Gasteiger charge is 2.17. The lowest BCUT2D eigenvalue weighted by Gasteiger charge is -2.14. The first kappa shape index (κ1) is 22.9. The van der Waals surface area contributed by atoms with E-state index in [9.17, 15) is 0 Å². The lowest BCUT2D eigenvalue weighted by molar-refractivity contribution is 1.16. The van der Waals surface area contributed by atoms with Crippen LogP contribution in [-0.4, -0.2) is 9.13 Å². The molecule has 0 atom stereocenters. The second-order valence-electron chi connectivity index (χ2n) is 10.7. The third-order valence-electron chi connectivity index (χ3n) is 8.41. The van der Waals surface area contributed by atoms with Crippen LogP contribution in [-0.2, 0) is 0 Å². The topological polar surface area (TPSA) is 9.86 Å². The molecule has 2 nitrogen and oxygen atoms in total. The largest absolute Gasteiger partial charge is 0.309 e. The normalized spacial score (nSPS) is 11.8. The van der Waals surface area contributed by atoms with E-state index in [0.29, 0.717) is 0 Å². The predicted octanol–water partition coefficient (Wildman–Crippen LogP) is 10.2. The highest BCUT2D eigenvalue weighted by molar-refractivity contribution is 6.12. The molecule has 0 amide bonds. The molecule has 190 valence electrons. The summed E-state index contributed by atoms with van der Waals surface area (Å²) in [6.07, 6.45) is 0. The number of hydrogen-bond donors (Lipinski definition) is 0. The van der Waals surface area contributed by atoms with Gasteiger partial charge in [0.2, 0.25) is 0 Å². The Kier molecular flexibility index (Phi) is 4.99. The molecule has 0 aliphatic heterocycles. The summed E-state index contributed by atoms with van der Waals surface area (Å²) in [4.78, 5) is 0. The second kappa shape index (κ2) is 8.72. The summed E-state index contributed by atoms with van der Waals surface area (Å²) in [5.74, 6) is 0. The van der Waals surface area contributed by atoms with Gasteiger partial charge in [-0.2, -0.15) is 0 Å². The molecule has 6 aromatic carbocycles. The minimum atomic E-state index is 1.18. The minimum Gasteiger partial charge on any atom is -0.309 e. The third-order valence-corrected chi connectivity index (χ3v) is 8.41. The summed E-state index contributed by atoms with van der Waals surface area (Å²) in [7, 11) is 0. The van der Waals surface area contributed by atoms with Crippen LogP contribution in [0.2, 0.25) is 0 Å². The van der Waals surface area contributed by atoms with Gasteiger partial charge < -0.3 is 9.13 Å². The number of benzene rings is 6. The molecule has 8 aromatic rings. The number of para-hydroxylation sites is 3. The van der Waals surface area contributed by atoms with E-state index in [1.165, 1.54) is 77.2 Å². The Morgan fingerprint density at radius 1 is 0.350 bits per heavy atom. The van der Waals surface area contributed by atoms with Crippen LogP contribution >= 0.6 is 0 Å². The molecule has 0 N–H and O–H groups in total. The predicted molar refractivity (Wildman–Crippen MR) is 170 cm³/mol. The summed E-state index contributed by atoms with van der Waals surface area (Å²) in [5, 5.41) is 5.08. The van der Waals surface area contributed by atoms with Crippen LogP contribution in [0.25, 0.3) is 66.1 Å². The Morgan fingerprint density at radius 2 is 0.800 bits per heavy atom. The van der Waals surface area contributed by atoms with Gasteiger partial charge in [0.25, 0.3) is 0 Å². The van der Waals surface area contributed by atoms with Crippen LogP contribution in [0.3, 0.4) is 0 Å². The Hall–Kier alpha value is -5.08. The average molecular weight is 513 g/mol. The fourth-order valence-corrected chi connectivity index (χ4v) is 6.49. The molecule has 0 saturated heterocycles. The Balaban J connectivity index is 1.40. The van der Waals surface area contributed by atoms with Crippen LogP contribution in [0.1, 0.15) is 11.1 Å². The van der Waals surface area contributed by atoms with Gasteiger partial charge in [-0.15, -0.1) is 0 Å². The van der Waals surface area contributed by atoms with Crippen LogP contribution in [0.5, 0.6) is 0 Å². The van der Waals surface area contributed by atoms with Crippen molar-refractivity contribution in [1.29, 1.82) is 0 Å². The van der Waals surface area contributed by atoms with Crippen molar-refractivity contribution in [3.05, 3.63) is 145 Å². The van der Waals surface area contributed by atoms with E-state index in [-0.39, 0.29) is 0 Å². The highest BCUT2D eigenvalue weighted by Crippen LogP contribution is 2.38. The van der Waals surface area contributed by atoms with Crippen molar-refractivity contribution in [3.8, 4) is 22.5 Å². The summed E-state index contributed by atoms with van der Waals surface area (Å²) >= 11 is 0. The molecule has 40 heavy (non-hydrogen) atoms. The molecule has 2 aromatic heterocycles. The van der Waals surface area contributed by atoms with E-state index < -0.39 is 0 Å². The quantitative estimate of drug-likeness (QED) is 0.223. The van der Waals surface area contributed by atoms with Gasteiger partial charge in [-0.05, 0) is 84.6 Å². The summed E-state index contributed by atoms with van der Waals surface area (Å²) in [6, 6.07) is 48.6. The van der Waals surface area contributed by atoms with Crippen LogP contribution in [0, 0.1) is 13.8 Å². The Labute approximate surface area is 233 Å². The molecule has 0 aliphatic carbocycles. The maximum Gasteiger partial charge on any atom is 0.0542 e. The fourth-order valence-electron chi connectivity index (χ4n) is 6.49. The zero-order chi connectivity index (χ0) is 26.8. The number of hydrogen-bond acceptors (Lipinski definition) is 0. The van der Waals surface area contributed by atoms with Gasteiger partial charge in [0.05, 0.1) is 22.1 Å². The van der Waals surface area contributed by atoms with Gasteiger partial charge in [0, 0.05) is 32.9 Å². The van der Waals surface area contributed by atoms with Gasteiger partial charge in [-0.3, -0.25) is 0 Å². The van der Waals surface area contributed by atoms with Crippen LogP contribution in [0.4, 0.5) is 0 Å². The zero-order valence-electron chi connectivity index (χ0n) is 22.6. The molecule has 0 radical (unpaired) electrons. The molecule has 0 aliphatic rings. The molecule has 0 saturated carbocycles. The Bertz CT molecular complexity index is 2190. The first-order valence-corrected chi connectivity index (χ1v) is 13.9. The van der Waals surface area contributed by atoms with Crippen LogP contribution in [0.15, 0.2) is 133 Å². The Morgan fingerprint density at radius 3 is 1.43 bits per heavy atom. The van der Waals surface area contributed by atoms with E-state index in [2.05, 4.69) is 156 Å². The number of nitrogens with zero attached hydrogens (tertiary/aromatic N) is 2. The summed E-state index contributed by atoms with van der Waals surface area (Å²) in [6.45, 7) is 4.40. The summed E-state index contributed by atoms with van der Waals surface area (Å²) in [5.41, 5.74) is 12.4. The second-order valence-corrected chi connectivity index (χ2v) is 10.7. The van der Waals surface area contributed by atoms with Crippen molar-refractivity contribution in [2.75, 3.05) is 0 Å². The van der Waals surface area contributed by atoms with Gasteiger partial charge in [-0.25, -0.2) is 0 Å². The van der Waals surface area contributed by atoms with Gasteiger partial charge in [0.15, 0.2) is 0 Å². The third kappa shape index (κ3) is 3.29. The van der Waals surface area contributed by atoms with Crippen molar-refractivity contribution in [2.45, 2.75) is 13.8 Å². The maximum absolute atomic E-state index is 2.42. The number of rotatable bonds is 3. The first-order chi connectivity index (χ1) is 19.7. The van der Waals surface area contributed by atoms with Crippen molar-refractivity contribution in [1.82, 2.24) is 9.13 Å². The zero-order valence-corrected chi connectivity index (χ0v) is 22.6. The molecule has 2 heterocycles. The van der Waals surface area contributed by atoms with Crippen molar-refractivity contribution >= 4 is 43.6 Å². The fraction of sp³-hybridized carbons (Fsp3) is 0.0526. The van der Waals surface area contributed by atoms with Gasteiger partial charge >= 0.3 is 0 Å². The molecular weight excluding hydrogens is 484 g/mol. The molecule has 0 spiro atoms. The lowest BCUT2D eigenvalue weighted by atomic mass is 9.96.